The molecule has 5 nitrogen and oxygen atoms in total. The van der Waals surface area contributed by atoms with Crippen LogP contribution < -0.4 is 10.2 Å². The molecule has 0 saturated carbocycles. The number of amides is 1. The molecule has 2 rings (SSSR count). The molecule has 0 radical (unpaired) electrons. The zero-order valence-corrected chi connectivity index (χ0v) is 12.1. The van der Waals surface area contributed by atoms with Crippen LogP contribution in [0.15, 0.2) is 22.7 Å². The van der Waals surface area contributed by atoms with E-state index in [4.69, 9.17) is 0 Å². The maximum atomic E-state index is 11.2. The van der Waals surface area contributed by atoms with Gasteiger partial charge in [-0.2, -0.15) is 0 Å². The van der Waals surface area contributed by atoms with Crippen LogP contribution in [0.25, 0.3) is 0 Å². The van der Waals surface area contributed by atoms with Crippen molar-refractivity contribution < 1.29 is 14.7 Å². The molecular formula is C13H15BrN2O3. The Labute approximate surface area is 119 Å². The summed E-state index contributed by atoms with van der Waals surface area (Å²) in [5, 5.41) is 12.1. The Hall–Kier alpha value is -1.56. The van der Waals surface area contributed by atoms with Crippen molar-refractivity contribution in [1.29, 1.82) is 0 Å². The average molecular weight is 327 g/mol. The van der Waals surface area contributed by atoms with Crippen molar-refractivity contribution in [3.63, 3.8) is 0 Å². The number of hydrogen-bond acceptors (Lipinski definition) is 3. The van der Waals surface area contributed by atoms with Crippen molar-refractivity contribution in [2.45, 2.75) is 19.4 Å². The second-order valence-corrected chi connectivity index (χ2v) is 5.51. The summed E-state index contributed by atoms with van der Waals surface area (Å²) in [4.78, 5) is 24.3. The molecule has 1 atom stereocenters. The molecule has 1 saturated heterocycles. The normalized spacial score (nSPS) is 18.4. The Morgan fingerprint density at radius 1 is 1.47 bits per heavy atom. The van der Waals surface area contributed by atoms with Crippen LogP contribution in [0.4, 0.5) is 5.69 Å². The smallest absolute Gasteiger partial charge is 0.337 e. The summed E-state index contributed by atoms with van der Waals surface area (Å²) in [6.45, 7) is 2.86. The van der Waals surface area contributed by atoms with E-state index in [9.17, 15) is 14.7 Å². The number of aromatic carboxylic acids is 1. The molecule has 2 N–H and O–H groups in total. The topological polar surface area (TPSA) is 69.6 Å². The molecule has 1 amide bonds. The van der Waals surface area contributed by atoms with Crippen molar-refractivity contribution in [3.8, 4) is 0 Å². The van der Waals surface area contributed by atoms with E-state index < -0.39 is 5.97 Å². The van der Waals surface area contributed by atoms with Gasteiger partial charge in [0.15, 0.2) is 0 Å². The van der Waals surface area contributed by atoms with Crippen LogP contribution in [0.2, 0.25) is 0 Å². The van der Waals surface area contributed by atoms with Crippen LogP contribution in [-0.4, -0.2) is 36.1 Å². The van der Waals surface area contributed by atoms with Gasteiger partial charge in [-0.1, -0.05) is 15.9 Å². The van der Waals surface area contributed by atoms with Crippen LogP contribution in [0, 0.1) is 0 Å². The third-order valence-electron chi connectivity index (χ3n) is 3.13. The van der Waals surface area contributed by atoms with Crippen molar-refractivity contribution in [3.05, 3.63) is 28.2 Å². The second kappa shape index (κ2) is 5.61. The fourth-order valence-corrected chi connectivity index (χ4v) is 2.68. The number of carboxylic acid groups (broad SMARTS) is 1. The number of benzene rings is 1. The molecule has 1 unspecified atom stereocenters. The number of anilines is 1. The lowest BCUT2D eigenvalue weighted by molar-refractivity contribution is -0.119. The van der Waals surface area contributed by atoms with Gasteiger partial charge in [-0.3, -0.25) is 4.79 Å². The summed E-state index contributed by atoms with van der Waals surface area (Å²) in [5.41, 5.74) is 0.974. The molecule has 1 aromatic rings. The lowest BCUT2D eigenvalue weighted by Gasteiger charge is -2.21. The van der Waals surface area contributed by atoms with Gasteiger partial charge in [0, 0.05) is 30.5 Å². The Kier molecular flexibility index (Phi) is 4.09. The highest BCUT2D eigenvalue weighted by Gasteiger charge is 2.26. The number of hydrogen-bond donors (Lipinski definition) is 2. The van der Waals surface area contributed by atoms with E-state index in [-0.39, 0.29) is 17.5 Å². The first-order valence-corrected chi connectivity index (χ1v) is 6.81. The van der Waals surface area contributed by atoms with E-state index in [1.807, 2.05) is 4.90 Å². The molecule has 1 aliphatic rings. The minimum atomic E-state index is -0.939. The molecular weight excluding hydrogens is 312 g/mol. The molecule has 0 aromatic heterocycles. The minimum Gasteiger partial charge on any atom is -0.478 e. The molecule has 0 aliphatic carbocycles. The summed E-state index contributed by atoms with van der Waals surface area (Å²) in [7, 11) is 0. The monoisotopic (exact) mass is 326 g/mol. The maximum absolute atomic E-state index is 11.2. The van der Waals surface area contributed by atoms with Crippen molar-refractivity contribution in [1.82, 2.24) is 5.32 Å². The highest BCUT2D eigenvalue weighted by Crippen LogP contribution is 2.28. The number of carbonyl (C=O) groups is 2. The van der Waals surface area contributed by atoms with Gasteiger partial charge >= 0.3 is 5.97 Å². The predicted molar refractivity (Wildman–Crippen MR) is 75.5 cm³/mol. The average Bonchev–Trinajstić information content (AvgIpc) is 2.75. The second-order valence-electron chi connectivity index (χ2n) is 4.60. The number of nitrogens with zero attached hydrogens (tertiary/aromatic N) is 1. The first-order chi connectivity index (χ1) is 8.97. The maximum Gasteiger partial charge on any atom is 0.337 e. The summed E-state index contributed by atoms with van der Waals surface area (Å²) in [6, 6.07) is 5.19. The Bertz CT molecular complexity index is 519. The van der Waals surface area contributed by atoms with Crippen molar-refractivity contribution in [2.75, 3.05) is 18.0 Å². The van der Waals surface area contributed by atoms with Crippen molar-refractivity contribution >= 4 is 33.5 Å². The summed E-state index contributed by atoms with van der Waals surface area (Å²) in [6.07, 6.45) is 0.825. The molecule has 1 heterocycles. The number of halogens is 1. The first kappa shape index (κ1) is 13.9. The molecule has 6 heteroatoms. The van der Waals surface area contributed by atoms with Crippen LogP contribution in [-0.2, 0) is 4.79 Å². The Morgan fingerprint density at radius 3 is 2.84 bits per heavy atom. The predicted octanol–water partition coefficient (Wildman–Crippen LogP) is 1.86. The van der Waals surface area contributed by atoms with Gasteiger partial charge in [0.1, 0.15) is 0 Å². The first-order valence-electron chi connectivity index (χ1n) is 6.02. The largest absolute Gasteiger partial charge is 0.478 e. The van der Waals surface area contributed by atoms with E-state index in [1.165, 1.54) is 6.92 Å². The van der Waals surface area contributed by atoms with E-state index in [2.05, 4.69) is 21.2 Å². The SMILES string of the molecule is CC(=O)NC1CCN(c2cc(Br)ccc2C(=O)O)C1. The number of nitrogens with one attached hydrogen (secondary N) is 1. The van der Waals surface area contributed by atoms with Gasteiger partial charge < -0.3 is 15.3 Å². The summed E-state index contributed by atoms with van der Waals surface area (Å²) < 4.78 is 0.843. The lowest BCUT2D eigenvalue weighted by Crippen LogP contribution is -2.35. The van der Waals surface area contributed by atoms with Crippen LogP contribution in [0.3, 0.4) is 0 Å². The van der Waals surface area contributed by atoms with Crippen LogP contribution in [0.1, 0.15) is 23.7 Å². The molecule has 1 aromatic carbocycles. The fraction of sp³-hybridized carbons (Fsp3) is 0.385. The molecule has 1 fully saturated rings. The molecule has 0 bridgehead atoms. The van der Waals surface area contributed by atoms with Gasteiger partial charge in [-0.05, 0) is 24.6 Å². The Morgan fingerprint density at radius 2 is 2.21 bits per heavy atom. The highest BCUT2D eigenvalue weighted by atomic mass is 79.9. The van der Waals surface area contributed by atoms with Crippen molar-refractivity contribution in [2.24, 2.45) is 0 Å². The third-order valence-corrected chi connectivity index (χ3v) is 3.62. The van der Waals surface area contributed by atoms with Crippen LogP contribution >= 0.6 is 15.9 Å². The molecule has 1 aliphatic heterocycles. The van der Waals surface area contributed by atoms with E-state index >= 15 is 0 Å². The van der Waals surface area contributed by atoms with E-state index in [0.29, 0.717) is 12.2 Å². The third kappa shape index (κ3) is 3.26. The van der Waals surface area contributed by atoms with E-state index in [1.54, 1.807) is 18.2 Å². The molecule has 102 valence electrons. The number of carbonyl (C=O) groups excluding carboxylic acids is 1. The highest BCUT2D eigenvalue weighted by molar-refractivity contribution is 9.10. The van der Waals surface area contributed by atoms with Gasteiger partial charge in [-0.15, -0.1) is 0 Å². The standard InChI is InChI=1S/C13H15BrN2O3/c1-8(17)15-10-4-5-16(7-10)12-6-9(14)2-3-11(12)13(18)19/h2-3,6,10H,4-5,7H2,1H3,(H,15,17)(H,18,19). The van der Waals surface area contributed by atoms with E-state index in [0.717, 1.165) is 17.4 Å². The molecule has 19 heavy (non-hydrogen) atoms. The Balaban J connectivity index is 2.21. The summed E-state index contributed by atoms with van der Waals surface area (Å²) in [5.74, 6) is -0.995. The number of rotatable bonds is 3. The van der Waals surface area contributed by atoms with Gasteiger partial charge in [0.05, 0.1) is 11.3 Å². The van der Waals surface area contributed by atoms with Gasteiger partial charge in [0.25, 0.3) is 0 Å². The quantitative estimate of drug-likeness (QED) is 0.889. The van der Waals surface area contributed by atoms with Gasteiger partial charge in [-0.25, -0.2) is 4.79 Å². The summed E-state index contributed by atoms with van der Waals surface area (Å²) >= 11 is 3.36. The zero-order chi connectivity index (χ0) is 14.0. The lowest BCUT2D eigenvalue weighted by atomic mass is 10.1. The zero-order valence-electron chi connectivity index (χ0n) is 10.5. The number of carboxylic acids is 1. The fourth-order valence-electron chi connectivity index (χ4n) is 2.33. The van der Waals surface area contributed by atoms with Gasteiger partial charge in [0.2, 0.25) is 5.91 Å². The van der Waals surface area contributed by atoms with Crippen LogP contribution in [0.5, 0.6) is 0 Å². The minimum absolute atomic E-state index is 0.0560. The molecule has 0 spiro atoms.